The molecule has 0 unspecified atom stereocenters. The first-order valence-corrected chi connectivity index (χ1v) is 5.20. The van der Waals surface area contributed by atoms with Gasteiger partial charge in [-0.2, -0.15) is 13.2 Å². The van der Waals surface area contributed by atoms with E-state index in [2.05, 4.69) is 14.5 Å². The van der Waals surface area contributed by atoms with Gasteiger partial charge in [0, 0.05) is 5.56 Å². The van der Waals surface area contributed by atoms with Crippen molar-refractivity contribution in [1.82, 2.24) is 4.98 Å². The zero-order chi connectivity index (χ0) is 15.5. The van der Waals surface area contributed by atoms with Crippen molar-refractivity contribution >= 4 is 5.97 Å². The summed E-state index contributed by atoms with van der Waals surface area (Å²) in [7, 11) is 1.88. The quantitative estimate of drug-likeness (QED) is 0.633. The Morgan fingerprint density at radius 3 is 2.35 bits per heavy atom. The number of esters is 1. The van der Waals surface area contributed by atoms with Crippen LogP contribution >= 0.6 is 0 Å². The number of pyridine rings is 1. The number of halogens is 5. The predicted octanol–water partition coefficient (Wildman–Crippen LogP) is 2.76. The predicted molar refractivity (Wildman–Crippen MR) is 56.5 cm³/mol. The third-order valence-corrected chi connectivity index (χ3v) is 2.44. The van der Waals surface area contributed by atoms with Crippen molar-refractivity contribution in [3.05, 3.63) is 23.0 Å². The van der Waals surface area contributed by atoms with Crippen molar-refractivity contribution in [1.29, 1.82) is 0 Å². The van der Waals surface area contributed by atoms with Crippen LogP contribution in [0.25, 0.3) is 0 Å². The summed E-state index contributed by atoms with van der Waals surface area (Å²) < 4.78 is 73.2. The maximum atomic E-state index is 13.0. The molecule has 0 radical (unpaired) electrons. The van der Waals surface area contributed by atoms with E-state index in [0.717, 1.165) is 14.2 Å². The van der Waals surface area contributed by atoms with Gasteiger partial charge in [0.15, 0.2) is 0 Å². The molecule has 1 rings (SSSR count). The van der Waals surface area contributed by atoms with Gasteiger partial charge >= 0.3 is 12.1 Å². The Morgan fingerprint density at radius 1 is 1.35 bits per heavy atom. The summed E-state index contributed by atoms with van der Waals surface area (Å²) in [6, 6.07) is 0. The molecule has 0 bridgehead atoms. The molecular weight excluding hydrogens is 289 g/mol. The molecule has 112 valence electrons. The van der Waals surface area contributed by atoms with Crippen molar-refractivity contribution in [3.8, 4) is 5.75 Å². The standard InChI is InChI=1S/C11H10F5NO3/c1-19-6-4-17-9(10(12)13)5(3-7(18)20-2)8(6)11(14,15)16/h4,10H,3H2,1-2H3. The van der Waals surface area contributed by atoms with Gasteiger partial charge in [0.25, 0.3) is 6.43 Å². The summed E-state index contributed by atoms with van der Waals surface area (Å²) in [6.45, 7) is 0. The second kappa shape index (κ2) is 6.02. The van der Waals surface area contributed by atoms with Crippen molar-refractivity contribution in [2.45, 2.75) is 19.0 Å². The Morgan fingerprint density at radius 2 is 1.95 bits per heavy atom. The van der Waals surface area contributed by atoms with E-state index in [-0.39, 0.29) is 0 Å². The molecule has 0 fully saturated rings. The van der Waals surface area contributed by atoms with E-state index in [4.69, 9.17) is 0 Å². The summed E-state index contributed by atoms with van der Waals surface area (Å²) in [5, 5.41) is 0. The summed E-state index contributed by atoms with van der Waals surface area (Å²) in [6.07, 6.45) is -8.66. The van der Waals surface area contributed by atoms with E-state index in [0.29, 0.717) is 6.20 Å². The second-order valence-corrected chi connectivity index (χ2v) is 3.62. The number of ether oxygens (including phenoxy) is 2. The zero-order valence-electron chi connectivity index (χ0n) is 10.4. The smallest absolute Gasteiger partial charge is 0.420 e. The summed E-state index contributed by atoms with van der Waals surface area (Å²) in [5.41, 5.74) is -3.52. The molecular formula is C11H10F5NO3. The molecule has 0 aromatic carbocycles. The van der Waals surface area contributed by atoms with Gasteiger partial charge in [0.1, 0.15) is 17.0 Å². The van der Waals surface area contributed by atoms with E-state index < -0.39 is 47.6 Å². The lowest BCUT2D eigenvalue weighted by molar-refractivity contribution is -0.142. The molecule has 1 aromatic rings. The molecule has 0 spiro atoms. The van der Waals surface area contributed by atoms with Crippen LogP contribution in [0.2, 0.25) is 0 Å². The monoisotopic (exact) mass is 299 g/mol. The normalized spacial score (nSPS) is 11.6. The molecule has 0 N–H and O–H groups in total. The van der Waals surface area contributed by atoms with Crippen LogP contribution in [0.15, 0.2) is 6.20 Å². The van der Waals surface area contributed by atoms with Crippen LogP contribution in [-0.4, -0.2) is 25.2 Å². The molecule has 0 aliphatic rings. The SMILES string of the molecule is COC(=O)Cc1c(C(F)F)ncc(OC)c1C(F)(F)F. The number of carbonyl (C=O) groups excluding carboxylic acids is 1. The number of hydrogen-bond acceptors (Lipinski definition) is 4. The van der Waals surface area contributed by atoms with Crippen LogP contribution < -0.4 is 4.74 Å². The molecule has 20 heavy (non-hydrogen) atoms. The summed E-state index contributed by atoms with van der Waals surface area (Å²) in [4.78, 5) is 14.4. The number of aromatic nitrogens is 1. The van der Waals surface area contributed by atoms with Crippen molar-refractivity contribution in [2.24, 2.45) is 0 Å². The molecule has 0 aliphatic carbocycles. The Kier molecular flexibility index (Phi) is 4.85. The average Bonchev–Trinajstić information content (AvgIpc) is 2.36. The molecule has 0 amide bonds. The Labute approximate surface area is 110 Å². The summed E-state index contributed by atoms with van der Waals surface area (Å²) in [5.74, 6) is -1.83. The molecule has 0 saturated heterocycles. The van der Waals surface area contributed by atoms with Crippen LogP contribution in [0.4, 0.5) is 22.0 Å². The fourth-order valence-electron chi connectivity index (χ4n) is 1.60. The number of alkyl halides is 5. The van der Waals surface area contributed by atoms with Gasteiger partial charge in [0.05, 0.1) is 26.8 Å². The minimum atomic E-state index is -4.97. The Balaban J connectivity index is 3.56. The van der Waals surface area contributed by atoms with E-state index in [9.17, 15) is 26.7 Å². The molecule has 1 aromatic heterocycles. The largest absolute Gasteiger partial charge is 0.494 e. The molecule has 0 saturated carbocycles. The fraction of sp³-hybridized carbons (Fsp3) is 0.455. The molecule has 4 nitrogen and oxygen atoms in total. The second-order valence-electron chi connectivity index (χ2n) is 3.62. The van der Waals surface area contributed by atoms with Crippen molar-refractivity contribution < 1.29 is 36.2 Å². The van der Waals surface area contributed by atoms with Crippen LogP contribution in [0.5, 0.6) is 5.75 Å². The van der Waals surface area contributed by atoms with Crippen LogP contribution in [0, 0.1) is 0 Å². The van der Waals surface area contributed by atoms with Gasteiger partial charge in [-0.25, -0.2) is 8.78 Å². The average molecular weight is 299 g/mol. The zero-order valence-corrected chi connectivity index (χ0v) is 10.4. The first-order chi connectivity index (χ1) is 9.22. The topological polar surface area (TPSA) is 48.4 Å². The maximum Gasteiger partial charge on any atom is 0.420 e. The maximum absolute atomic E-state index is 13.0. The van der Waals surface area contributed by atoms with Crippen LogP contribution in [0.1, 0.15) is 23.2 Å². The lowest BCUT2D eigenvalue weighted by Crippen LogP contribution is -2.18. The van der Waals surface area contributed by atoms with Gasteiger partial charge in [-0.3, -0.25) is 9.78 Å². The molecule has 0 atom stereocenters. The lowest BCUT2D eigenvalue weighted by atomic mass is 10.0. The van der Waals surface area contributed by atoms with Crippen molar-refractivity contribution in [3.63, 3.8) is 0 Å². The number of carbonyl (C=O) groups is 1. The van der Waals surface area contributed by atoms with Gasteiger partial charge in [-0.1, -0.05) is 0 Å². The minimum Gasteiger partial charge on any atom is -0.494 e. The Bertz CT molecular complexity index is 502. The van der Waals surface area contributed by atoms with Crippen molar-refractivity contribution in [2.75, 3.05) is 14.2 Å². The van der Waals surface area contributed by atoms with Gasteiger partial charge in [-0.05, 0) is 0 Å². The van der Waals surface area contributed by atoms with Crippen LogP contribution in [-0.2, 0) is 22.1 Å². The summed E-state index contributed by atoms with van der Waals surface area (Å²) >= 11 is 0. The fourth-order valence-corrected chi connectivity index (χ4v) is 1.60. The van der Waals surface area contributed by atoms with E-state index in [1.807, 2.05) is 0 Å². The molecule has 1 heterocycles. The first-order valence-electron chi connectivity index (χ1n) is 5.20. The number of methoxy groups -OCH3 is 2. The van der Waals surface area contributed by atoms with E-state index in [1.165, 1.54) is 0 Å². The highest BCUT2D eigenvalue weighted by Gasteiger charge is 2.40. The highest BCUT2D eigenvalue weighted by atomic mass is 19.4. The highest BCUT2D eigenvalue weighted by molar-refractivity contribution is 5.74. The minimum absolute atomic E-state index is 0.547. The third-order valence-electron chi connectivity index (χ3n) is 2.44. The highest BCUT2D eigenvalue weighted by Crippen LogP contribution is 2.41. The van der Waals surface area contributed by atoms with Gasteiger partial charge in [0.2, 0.25) is 0 Å². The molecule has 0 aliphatic heterocycles. The van der Waals surface area contributed by atoms with E-state index >= 15 is 0 Å². The first kappa shape index (κ1) is 16.1. The molecule has 9 heteroatoms. The number of rotatable bonds is 4. The van der Waals surface area contributed by atoms with Crippen LogP contribution in [0.3, 0.4) is 0 Å². The third kappa shape index (κ3) is 3.34. The number of nitrogens with zero attached hydrogens (tertiary/aromatic N) is 1. The lowest BCUT2D eigenvalue weighted by Gasteiger charge is -2.18. The van der Waals surface area contributed by atoms with Gasteiger partial charge in [-0.15, -0.1) is 0 Å². The Hall–Kier alpha value is -1.93. The number of hydrogen-bond donors (Lipinski definition) is 0. The van der Waals surface area contributed by atoms with Gasteiger partial charge < -0.3 is 9.47 Å². The van der Waals surface area contributed by atoms with E-state index in [1.54, 1.807) is 0 Å².